The zero-order valence-corrected chi connectivity index (χ0v) is 12.3. The van der Waals surface area contributed by atoms with E-state index in [9.17, 15) is 0 Å². The second-order valence-corrected chi connectivity index (χ2v) is 5.50. The van der Waals surface area contributed by atoms with Crippen LogP contribution in [0.15, 0.2) is 47.8 Å². The van der Waals surface area contributed by atoms with E-state index in [4.69, 9.17) is 4.42 Å². The van der Waals surface area contributed by atoms with Crippen molar-refractivity contribution in [2.75, 3.05) is 0 Å². The molecule has 0 aliphatic carbocycles. The number of aromatic nitrogens is 5. The molecule has 0 aliphatic rings. The van der Waals surface area contributed by atoms with Crippen LogP contribution in [0.4, 0.5) is 0 Å². The molecule has 0 spiro atoms. The molecule has 4 aromatic rings. The number of imidazole rings is 1. The third-order valence-electron chi connectivity index (χ3n) is 3.72. The van der Waals surface area contributed by atoms with Crippen molar-refractivity contribution >= 4 is 11.0 Å². The van der Waals surface area contributed by atoms with Gasteiger partial charge in [0.2, 0.25) is 0 Å². The molecule has 1 N–H and O–H groups in total. The minimum atomic E-state index is 0.338. The molecule has 0 atom stereocenters. The van der Waals surface area contributed by atoms with Crippen molar-refractivity contribution < 1.29 is 4.42 Å². The van der Waals surface area contributed by atoms with Gasteiger partial charge in [0.15, 0.2) is 5.65 Å². The predicted molar refractivity (Wildman–Crippen MR) is 82.8 cm³/mol. The van der Waals surface area contributed by atoms with Crippen LogP contribution >= 0.6 is 0 Å². The lowest BCUT2D eigenvalue weighted by atomic mass is 10.1. The maximum absolute atomic E-state index is 5.12. The first kappa shape index (κ1) is 12.8. The Kier molecular flexibility index (Phi) is 2.82. The summed E-state index contributed by atoms with van der Waals surface area (Å²) in [4.78, 5) is 8.79. The van der Waals surface area contributed by atoms with Gasteiger partial charge in [-0.15, -0.1) is 0 Å². The molecule has 6 heteroatoms. The minimum Gasteiger partial charge on any atom is -0.472 e. The van der Waals surface area contributed by atoms with Crippen molar-refractivity contribution in [3.05, 3.63) is 49.1 Å². The fraction of sp³-hybridized carbons (Fsp3) is 0.188. The van der Waals surface area contributed by atoms with E-state index in [0.29, 0.717) is 5.92 Å². The third-order valence-corrected chi connectivity index (χ3v) is 3.72. The van der Waals surface area contributed by atoms with Gasteiger partial charge in [-0.3, -0.25) is 5.10 Å². The van der Waals surface area contributed by atoms with Gasteiger partial charge in [0.05, 0.1) is 35.6 Å². The molecular weight excluding hydrogens is 278 g/mol. The summed E-state index contributed by atoms with van der Waals surface area (Å²) >= 11 is 0. The van der Waals surface area contributed by atoms with Crippen molar-refractivity contribution in [1.29, 1.82) is 0 Å². The number of furan rings is 1. The lowest BCUT2D eigenvalue weighted by Gasteiger charge is -2.07. The Morgan fingerprint density at radius 3 is 2.91 bits per heavy atom. The SMILES string of the molecule is CC(C)c1[nH]nc2nccc(-n3cnc(-c4ccoc4)c3)c12. The Morgan fingerprint density at radius 2 is 2.14 bits per heavy atom. The standard InChI is InChI=1S/C16H15N5O/c1-10(2)15-14-13(3-5-17-16(14)20-19-15)21-7-12(18-9-21)11-4-6-22-8-11/h3-10H,1-2H3,(H,17,19,20). The first-order chi connectivity index (χ1) is 10.7. The number of hydrogen-bond acceptors (Lipinski definition) is 4. The molecule has 0 unspecified atom stereocenters. The van der Waals surface area contributed by atoms with E-state index < -0.39 is 0 Å². The van der Waals surface area contributed by atoms with Crippen LogP contribution in [0.25, 0.3) is 28.0 Å². The van der Waals surface area contributed by atoms with Crippen molar-refractivity contribution in [2.24, 2.45) is 0 Å². The molecule has 110 valence electrons. The molecule has 0 aromatic carbocycles. The highest BCUT2D eigenvalue weighted by atomic mass is 16.3. The van der Waals surface area contributed by atoms with Gasteiger partial charge in [-0.25, -0.2) is 9.97 Å². The number of pyridine rings is 1. The van der Waals surface area contributed by atoms with E-state index in [2.05, 4.69) is 34.0 Å². The van der Waals surface area contributed by atoms with Crippen molar-refractivity contribution in [3.63, 3.8) is 0 Å². The number of hydrogen-bond donors (Lipinski definition) is 1. The molecular formula is C16H15N5O. The van der Waals surface area contributed by atoms with Crippen LogP contribution in [0.2, 0.25) is 0 Å². The van der Waals surface area contributed by atoms with E-state index >= 15 is 0 Å². The summed E-state index contributed by atoms with van der Waals surface area (Å²) in [7, 11) is 0. The molecule has 4 heterocycles. The maximum atomic E-state index is 5.12. The Balaban J connectivity index is 1.89. The summed E-state index contributed by atoms with van der Waals surface area (Å²) in [5.74, 6) is 0.338. The summed E-state index contributed by atoms with van der Waals surface area (Å²) in [6.45, 7) is 4.27. The van der Waals surface area contributed by atoms with Crippen molar-refractivity contribution in [2.45, 2.75) is 19.8 Å². The molecule has 0 bridgehead atoms. The molecule has 6 nitrogen and oxygen atoms in total. The number of nitrogens with one attached hydrogen (secondary N) is 1. The maximum Gasteiger partial charge on any atom is 0.183 e. The second kappa shape index (κ2) is 4.84. The van der Waals surface area contributed by atoms with Crippen molar-refractivity contribution in [1.82, 2.24) is 24.7 Å². The van der Waals surface area contributed by atoms with Crippen LogP contribution in [0.5, 0.6) is 0 Å². The first-order valence-corrected chi connectivity index (χ1v) is 7.14. The Bertz CT molecular complexity index is 917. The smallest absolute Gasteiger partial charge is 0.183 e. The van der Waals surface area contributed by atoms with Gasteiger partial charge < -0.3 is 8.98 Å². The highest BCUT2D eigenvalue weighted by Gasteiger charge is 2.15. The number of aromatic amines is 1. The van der Waals surface area contributed by atoms with Gasteiger partial charge in [0.1, 0.15) is 0 Å². The van der Waals surface area contributed by atoms with Crippen LogP contribution in [-0.2, 0) is 0 Å². The fourth-order valence-electron chi connectivity index (χ4n) is 2.60. The van der Waals surface area contributed by atoms with Crippen LogP contribution in [0.3, 0.4) is 0 Å². The number of H-pyrrole nitrogens is 1. The minimum absolute atomic E-state index is 0.338. The summed E-state index contributed by atoms with van der Waals surface area (Å²) in [6.07, 6.45) is 8.88. The molecule has 0 amide bonds. The predicted octanol–water partition coefficient (Wildman–Crippen LogP) is 3.53. The monoisotopic (exact) mass is 293 g/mol. The topological polar surface area (TPSA) is 72.5 Å². The first-order valence-electron chi connectivity index (χ1n) is 7.14. The van der Waals surface area contributed by atoms with Crippen molar-refractivity contribution in [3.8, 4) is 16.9 Å². The molecule has 4 aromatic heterocycles. The molecule has 0 saturated heterocycles. The Morgan fingerprint density at radius 1 is 1.23 bits per heavy atom. The average molecular weight is 293 g/mol. The van der Waals surface area contributed by atoms with Crippen LogP contribution in [-0.4, -0.2) is 24.7 Å². The van der Waals surface area contributed by atoms with E-state index in [1.165, 1.54) is 0 Å². The van der Waals surface area contributed by atoms with Crippen LogP contribution < -0.4 is 0 Å². The largest absolute Gasteiger partial charge is 0.472 e. The number of fused-ring (bicyclic) bond motifs is 1. The van der Waals surface area contributed by atoms with Crippen LogP contribution in [0, 0.1) is 0 Å². The van der Waals surface area contributed by atoms with Gasteiger partial charge in [-0.2, -0.15) is 5.10 Å². The zero-order valence-electron chi connectivity index (χ0n) is 12.3. The lowest BCUT2D eigenvalue weighted by molar-refractivity contribution is 0.568. The van der Waals surface area contributed by atoms with Gasteiger partial charge in [0, 0.05) is 23.7 Å². The fourth-order valence-corrected chi connectivity index (χ4v) is 2.60. The zero-order chi connectivity index (χ0) is 15.1. The molecule has 0 aliphatic heterocycles. The average Bonchev–Trinajstić information content (AvgIpc) is 3.25. The van der Waals surface area contributed by atoms with Gasteiger partial charge in [-0.05, 0) is 18.1 Å². The molecule has 0 saturated carbocycles. The number of nitrogens with zero attached hydrogens (tertiary/aromatic N) is 4. The highest BCUT2D eigenvalue weighted by molar-refractivity contribution is 5.87. The normalized spacial score (nSPS) is 11.6. The van der Waals surface area contributed by atoms with E-state index in [0.717, 1.165) is 33.7 Å². The van der Waals surface area contributed by atoms with Gasteiger partial charge in [-0.1, -0.05) is 13.8 Å². The lowest BCUT2D eigenvalue weighted by Crippen LogP contribution is -1.95. The Labute approximate surface area is 126 Å². The summed E-state index contributed by atoms with van der Waals surface area (Å²) < 4.78 is 7.11. The molecule has 22 heavy (non-hydrogen) atoms. The molecule has 0 fully saturated rings. The van der Waals surface area contributed by atoms with E-state index in [-0.39, 0.29) is 0 Å². The highest BCUT2D eigenvalue weighted by Crippen LogP contribution is 2.28. The van der Waals surface area contributed by atoms with E-state index in [1.54, 1.807) is 25.1 Å². The Hall–Kier alpha value is -2.89. The number of rotatable bonds is 3. The van der Waals surface area contributed by atoms with Gasteiger partial charge in [0.25, 0.3) is 0 Å². The van der Waals surface area contributed by atoms with Crippen LogP contribution in [0.1, 0.15) is 25.5 Å². The summed E-state index contributed by atoms with van der Waals surface area (Å²) in [6, 6.07) is 3.87. The summed E-state index contributed by atoms with van der Waals surface area (Å²) in [5, 5.41) is 8.43. The van der Waals surface area contributed by atoms with Gasteiger partial charge >= 0.3 is 0 Å². The molecule has 4 rings (SSSR count). The van der Waals surface area contributed by atoms with E-state index in [1.807, 2.05) is 22.9 Å². The summed E-state index contributed by atoms with van der Waals surface area (Å²) in [5.41, 5.74) is 4.65. The third kappa shape index (κ3) is 1.92. The second-order valence-electron chi connectivity index (χ2n) is 5.50. The molecule has 0 radical (unpaired) electrons. The quantitative estimate of drug-likeness (QED) is 0.627.